The summed E-state index contributed by atoms with van der Waals surface area (Å²) in [5, 5.41) is 9.32. The Morgan fingerprint density at radius 3 is 2.54 bits per heavy atom. The molecule has 3 aromatic rings. The maximum atomic E-state index is 13.5. The summed E-state index contributed by atoms with van der Waals surface area (Å²) >= 11 is 0. The highest BCUT2D eigenvalue weighted by molar-refractivity contribution is 5.83. The van der Waals surface area contributed by atoms with Crippen LogP contribution in [0.1, 0.15) is 43.6 Å². The van der Waals surface area contributed by atoms with Gasteiger partial charge in [-0.25, -0.2) is 14.2 Å². The van der Waals surface area contributed by atoms with Crippen LogP contribution in [0.25, 0.3) is 11.2 Å². The van der Waals surface area contributed by atoms with Crippen molar-refractivity contribution in [2.45, 2.75) is 51.6 Å². The zero-order chi connectivity index (χ0) is 26.6. The van der Waals surface area contributed by atoms with Crippen LogP contribution >= 0.6 is 0 Å². The fourth-order valence-electron chi connectivity index (χ4n) is 4.48. The first-order chi connectivity index (χ1) is 17.7. The van der Waals surface area contributed by atoms with Gasteiger partial charge in [-0.2, -0.15) is 9.97 Å². The molecule has 1 aromatic carbocycles. The number of ether oxygens (including phenoxy) is 3. The molecule has 2 aromatic heterocycles. The highest BCUT2D eigenvalue weighted by Gasteiger charge is 2.33. The molecule has 0 aliphatic carbocycles. The minimum absolute atomic E-state index is 0.0664. The van der Waals surface area contributed by atoms with E-state index in [0.717, 1.165) is 30.8 Å². The van der Waals surface area contributed by atoms with E-state index in [9.17, 15) is 14.3 Å². The number of nitrogen functional groups attached to an aromatic ring is 1. The lowest BCUT2D eigenvalue weighted by Crippen LogP contribution is -2.33. The number of nitrogens with two attached hydrogens (primary N) is 1. The van der Waals surface area contributed by atoms with Gasteiger partial charge in [0.2, 0.25) is 0 Å². The second-order valence-corrected chi connectivity index (χ2v) is 9.58. The maximum absolute atomic E-state index is 13.5. The minimum atomic E-state index is -1.43. The van der Waals surface area contributed by atoms with Crippen molar-refractivity contribution in [3.63, 3.8) is 0 Å². The lowest BCUT2D eigenvalue weighted by atomic mass is 10.1. The second-order valence-electron chi connectivity index (χ2n) is 9.58. The van der Waals surface area contributed by atoms with Gasteiger partial charge in [0.05, 0.1) is 13.2 Å². The second kappa shape index (κ2) is 11.3. The molecule has 1 aliphatic heterocycles. The predicted molar refractivity (Wildman–Crippen MR) is 134 cm³/mol. The van der Waals surface area contributed by atoms with Crippen molar-refractivity contribution in [1.29, 1.82) is 0 Å². The Morgan fingerprint density at radius 2 is 1.86 bits per heavy atom. The zero-order valence-corrected chi connectivity index (χ0v) is 21.3. The Bertz CT molecular complexity index is 1240. The van der Waals surface area contributed by atoms with Crippen LogP contribution in [0.2, 0.25) is 0 Å². The van der Waals surface area contributed by atoms with Gasteiger partial charge in [-0.05, 0) is 37.8 Å². The third kappa shape index (κ3) is 6.44. The number of carboxylic acid groups (broad SMARTS) is 1. The number of benzene rings is 1. The van der Waals surface area contributed by atoms with E-state index in [0.29, 0.717) is 43.0 Å². The fourth-order valence-corrected chi connectivity index (χ4v) is 4.48. The van der Waals surface area contributed by atoms with Crippen LogP contribution < -0.4 is 10.5 Å². The average Bonchev–Trinajstić information content (AvgIpc) is 3.20. The van der Waals surface area contributed by atoms with E-state index in [1.165, 1.54) is 0 Å². The minimum Gasteiger partial charge on any atom is -0.461 e. The molecule has 37 heavy (non-hydrogen) atoms. The van der Waals surface area contributed by atoms with E-state index >= 15 is 0 Å². The molecule has 0 amide bonds. The Balaban J connectivity index is 1.70. The van der Waals surface area contributed by atoms with Gasteiger partial charge in [0, 0.05) is 26.7 Å². The summed E-state index contributed by atoms with van der Waals surface area (Å²) in [7, 11) is 1.56. The Labute approximate surface area is 214 Å². The number of hydrogen-bond acceptors (Lipinski definition) is 9. The summed E-state index contributed by atoms with van der Waals surface area (Å²) < 4.78 is 31.1. The van der Waals surface area contributed by atoms with Crippen molar-refractivity contribution in [2.24, 2.45) is 0 Å². The van der Waals surface area contributed by atoms with Crippen LogP contribution in [0.5, 0.6) is 6.01 Å². The molecular formula is C25H33FN6O5. The molecule has 200 valence electrons. The fraction of sp³-hybridized carbons (Fsp3) is 0.520. The van der Waals surface area contributed by atoms with Gasteiger partial charge in [-0.15, -0.1) is 0 Å². The monoisotopic (exact) mass is 516 g/mol. The molecule has 0 atom stereocenters. The molecule has 3 N–H and O–H groups in total. The van der Waals surface area contributed by atoms with Gasteiger partial charge in [0.15, 0.2) is 28.4 Å². The quantitative estimate of drug-likeness (QED) is 0.305. The number of aromatic nitrogens is 4. The molecule has 1 aliphatic rings. The van der Waals surface area contributed by atoms with Crippen LogP contribution in [0.3, 0.4) is 0 Å². The summed E-state index contributed by atoms with van der Waals surface area (Å²) in [4.78, 5) is 27.0. The van der Waals surface area contributed by atoms with Crippen LogP contribution in [0.15, 0.2) is 24.3 Å². The highest BCUT2D eigenvalue weighted by Crippen LogP contribution is 2.31. The highest BCUT2D eigenvalue weighted by atomic mass is 19.1. The lowest BCUT2D eigenvalue weighted by molar-refractivity contribution is -0.00576. The van der Waals surface area contributed by atoms with Crippen LogP contribution in [-0.2, 0) is 28.2 Å². The first-order valence-corrected chi connectivity index (χ1v) is 12.2. The molecule has 3 heterocycles. The van der Waals surface area contributed by atoms with Crippen molar-refractivity contribution in [2.75, 3.05) is 39.1 Å². The lowest BCUT2D eigenvalue weighted by Gasteiger charge is -2.28. The van der Waals surface area contributed by atoms with Crippen molar-refractivity contribution in [3.05, 3.63) is 41.2 Å². The molecule has 0 bridgehead atoms. The largest absolute Gasteiger partial charge is 0.506 e. The number of carbonyl (C=O) groups is 1. The maximum Gasteiger partial charge on any atom is 0.506 e. The van der Waals surface area contributed by atoms with Crippen molar-refractivity contribution in [3.8, 4) is 6.01 Å². The van der Waals surface area contributed by atoms with Crippen molar-refractivity contribution >= 4 is 23.1 Å². The third-order valence-electron chi connectivity index (χ3n) is 6.26. The van der Waals surface area contributed by atoms with E-state index in [-0.39, 0.29) is 18.4 Å². The van der Waals surface area contributed by atoms with Crippen LogP contribution in [0.4, 0.5) is 15.0 Å². The summed E-state index contributed by atoms with van der Waals surface area (Å²) in [5.41, 5.74) is 7.65. The number of alkyl halides is 1. The number of likely N-dealkylation sites (tertiary alicyclic amines) is 1. The average molecular weight is 517 g/mol. The number of rotatable bonds is 10. The van der Waals surface area contributed by atoms with E-state index in [1.54, 1.807) is 25.5 Å². The van der Waals surface area contributed by atoms with Crippen molar-refractivity contribution in [1.82, 2.24) is 24.4 Å². The van der Waals surface area contributed by atoms with E-state index in [1.807, 2.05) is 18.2 Å². The van der Waals surface area contributed by atoms with Gasteiger partial charge >= 0.3 is 12.2 Å². The predicted octanol–water partition coefficient (Wildman–Crippen LogP) is 3.35. The van der Waals surface area contributed by atoms with E-state index in [4.69, 9.17) is 19.9 Å². The number of hydrogen-bond donors (Lipinski definition) is 2. The third-order valence-corrected chi connectivity index (χ3v) is 6.26. The number of nitrogens with zero attached hydrogens (tertiary/aromatic N) is 5. The molecule has 0 radical (unpaired) electrons. The Kier molecular flexibility index (Phi) is 8.08. The molecule has 4 rings (SSSR count). The summed E-state index contributed by atoms with van der Waals surface area (Å²) in [6.45, 7) is 6.31. The van der Waals surface area contributed by atoms with E-state index < -0.39 is 17.9 Å². The Hall–Kier alpha value is -3.51. The number of halogens is 1. The van der Waals surface area contributed by atoms with Gasteiger partial charge in [-0.3, -0.25) is 4.90 Å². The first kappa shape index (κ1) is 26.6. The van der Waals surface area contributed by atoms with Gasteiger partial charge in [0.1, 0.15) is 12.8 Å². The van der Waals surface area contributed by atoms with Gasteiger partial charge < -0.3 is 29.6 Å². The number of anilines is 1. The number of piperidine rings is 1. The molecule has 11 nitrogen and oxygen atoms in total. The standard InChI is InChI=1S/C25H33FN6O5/c1-25(2,37-24(33)34)22-28-19-20(27)29-23(36-12-11-35-3)30-21(19)32(22)15-17-6-4-5-16(13-17)14-31-9-7-18(26)8-10-31/h4-6,13,18H,7-12,14-15H2,1-3H3,(H,33,34)(H2,27,29,30). The topological polar surface area (TPSA) is 138 Å². The summed E-state index contributed by atoms with van der Waals surface area (Å²) in [6.07, 6.45) is -1.04. The van der Waals surface area contributed by atoms with Crippen LogP contribution in [0, 0.1) is 0 Å². The molecular weight excluding hydrogens is 483 g/mol. The van der Waals surface area contributed by atoms with Gasteiger partial charge in [0.25, 0.3) is 0 Å². The summed E-state index contributed by atoms with van der Waals surface area (Å²) in [5.74, 6) is 0.434. The zero-order valence-electron chi connectivity index (χ0n) is 21.3. The Morgan fingerprint density at radius 1 is 1.16 bits per heavy atom. The molecule has 1 fully saturated rings. The molecule has 1 saturated heterocycles. The SMILES string of the molecule is COCCOc1nc(N)c2nc(C(C)(C)OC(=O)O)n(Cc3cccc(CN4CCC(F)CC4)c3)c2n1. The normalized spacial score (nSPS) is 15.2. The number of imidazole rings is 1. The number of methoxy groups -OCH3 is 1. The molecule has 0 unspecified atom stereocenters. The summed E-state index contributed by atoms with van der Waals surface area (Å²) in [6, 6.07) is 8.11. The van der Waals surface area contributed by atoms with Crippen LogP contribution in [-0.4, -0.2) is 75.3 Å². The number of fused-ring (bicyclic) bond motifs is 1. The molecule has 0 spiro atoms. The van der Waals surface area contributed by atoms with E-state index in [2.05, 4.69) is 25.9 Å². The first-order valence-electron chi connectivity index (χ1n) is 12.2. The molecule has 0 saturated carbocycles. The molecule has 12 heteroatoms. The van der Waals surface area contributed by atoms with Gasteiger partial charge in [-0.1, -0.05) is 24.3 Å². The smallest absolute Gasteiger partial charge is 0.461 e. The van der Waals surface area contributed by atoms with Crippen molar-refractivity contribution < 1.29 is 28.5 Å².